The van der Waals surface area contributed by atoms with Gasteiger partial charge in [-0.25, -0.2) is 0 Å². The van der Waals surface area contributed by atoms with Gasteiger partial charge < -0.3 is 4.74 Å². The van der Waals surface area contributed by atoms with Crippen LogP contribution in [-0.2, 0) is 0 Å². The number of ether oxygens (including phenoxy) is 1. The first-order valence-electron chi connectivity index (χ1n) is 8.41. The van der Waals surface area contributed by atoms with E-state index >= 15 is 0 Å². The Kier molecular flexibility index (Phi) is 2.37. The van der Waals surface area contributed by atoms with Crippen LogP contribution in [0.4, 0.5) is 0 Å². The summed E-state index contributed by atoms with van der Waals surface area (Å²) in [6, 6.07) is 25.2. The minimum Gasteiger partial charge on any atom is -0.455 e. The number of fused-ring (bicyclic) bond motifs is 7. The van der Waals surface area contributed by atoms with E-state index in [1.54, 1.807) is 0 Å². The maximum atomic E-state index is 6.43. The molecular weight excluding hydrogens is 306 g/mol. The first-order chi connectivity index (χ1) is 12.4. The van der Waals surface area contributed by atoms with Gasteiger partial charge in [-0.15, -0.1) is 0 Å². The lowest BCUT2D eigenvalue weighted by molar-refractivity contribution is 0.493. The summed E-state index contributed by atoms with van der Waals surface area (Å²) in [7, 11) is 0. The molecule has 6 rings (SSSR count). The fourth-order valence-electron chi connectivity index (χ4n) is 4.05. The number of hydrogen-bond acceptors (Lipinski definition) is 2. The lowest BCUT2D eigenvalue weighted by Gasteiger charge is -2.24. The predicted octanol–water partition coefficient (Wildman–Crippen LogP) is 6.31. The van der Waals surface area contributed by atoms with Crippen LogP contribution in [0.2, 0.25) is 0 Å². The number of aromatic nitrogens is 1. The Balaban J connectivity index is 1.93. The van der Waals surface area contributed by atoms with Crippen molar-refractivity contribution in [3.8, 4) is 22.6 Å². The van der Waals surface area contributed by atoms with Crippen molar-refractivity contribution in [2.45, 2.75) is 0 Å². The molecule has 1 aliphatic heterocycles. The molecule has 25 heavy (non-hydrogen) atoms. The fourth-order valence-corrected chi connectivity index (χ4v) is 4.05. The minimum atomic E-state index is 0.910. The van der Waals surface area contributed by atoms with Gasteiger partial charge in [-0.1, -0.05) is 54.6 Å². The minimum absolute atomic E-state index is 0.910. The molecule has 2 nitrogen and oxygen atoms in total. The van der Waals surface area contributed by atoms with E-state index in [0.717, 1.165) is 27.8 Å². The van der Waals surface area contributed by atoms with Crippen molar-refractivity contribution >= 4 is 32.4 Å². The Bertz CT molecular complexity index is 1320. The van der Waals surface area contributed by atoms with Crippen LogP contribution >= 0.6 is 0 Å². The summed E-state index contributed by atoms with van der Waals surface area (Å²) in [5.41, 5.74) is 3.39. The summed E-state index contributed by atoms with van der Waals surface area (Å²) in [6.45, 7) is 0. The van der Waals surface area contributed by atoms with E-state index in [2.05, 4.69) is 59.6 Å². The standard InChI is InChI=1S/C23H13NO/c1-2-9-16-15(8-1)21-17-10-3-6-14-7-4-12-19(20(14)17)25-23(21)18-11-5-13-24-22(16)18/h1-13H. The van der Waals surface area contributed by atoms with Gasteiger partial charge in [-0.3, -0.25) is 4.98 Å². The highest BCUT2D eigenvalue weighted by Crippen LogP contribution is 2.52. The molecule has 2 heteroatoms. The molecule has 0 radical (unpaired) electrons. The molecule has 0 spiro atoms. The van der Waals surface area contributed by atoms with Gasteiger partial charge in [0.25, 0.3) is 0 Å². The Morgan fingerprint density at radius 2 is 1.48 bits per heavy atom. The quantitative estimate of drug-likeness (QED) is 0.306. The van der Waals surface area contributed by atoms with Crippen LogP contribution in [0.5, 0.6) is 11.5 Å². The summed E-state index contributed by atoms with van der Waals surface area (Å²) < 4.78 is 6.43. The average molecular weight is 319 g/mol. The lowest BCUT2D eigenvalue weighted by Crippen LogP contribution is -1.99. The van der Waals surface area contributed by atoms with Crippen LogP contribution < -0.4 is 4.74 Å². The van der Waals surface area contributed by atoms with Crippen LogP contribution in [0.25, 0.3) is 43.6 Å². The van der Waals surface area contributed by atoms with E-state index in [1.165, 1.54) is 27.3 Å². The molecule has 0 saturated carbocycles. The maximum absolute atomic E-state index is 6.43. The highest BCUT2D eigenvalue weighted by atomic mass is 16.5. The van der Waals surface area contributed by atoms with Crippen molar-refractivity contribution in [3.05, 3.63) is 79.0 Å². The van der Waals surface area contributed by atoms with Crippen LogP contribution in [-0.4, -0.2) is 4.98 Å². The van der Waals surface area contributed by atoms with E-state index in [4.69, 9.17) is 4.74 Å². The Labute approximate surface area is 144 Å². The van der Waals surface area contributed by atoms with Crippen molar-refractivity contribution in [1.82, 2.24) is 4.98 Å². The fraction of sp³-hybridized carbons (Fsp3) is 0. The first kappa shape index (κ1) is 13.0. The molecule has 0 unspecified atom stereocenters. The van der Waals surface area contributed by atoms with Gasteiger partial charge in [0.2, 0.25) is 0 Å². The molecule has 2 heterocycles. The van der Waals surface area contributed by atoms with E-state index in [9.17, 15) is 0 Å². The topological polar surface area (TPSA) is 22.1 Å². The molecule has 1 aliphatic rings. The molecule has 0 N–H and O–H groups in total. The van der Waals surface area contributed by atoms with E-state index < -0.39 is 0 Å². The lowest BCUT2D eigenvalue weighted by atomic mass is 9.89. The molecule has 0 fully saturated rings. The van der Waals surface area contributed by atoms with Gasteiger partial charge in [0, 0.05) is 27.9 Å². The summed E-state index contributed by atoms with van der Waals surface area (Å²) in [5, 5.41) is 5.80. The second-order valence-corrected chi connectivity index (χ2v) is 6.41. The third kappa shape index (κ3) is 1.61. The zero-order chi connectivity index (χ0) is 16.4. The number of benzene rings is 4. The highest BCUT2D eigenvalue weighted by molar-refractivity contribution is 6.20. The number of hydrogen-bond donors (Lipinski definition) is 0. The third-order valence-electron chi connectivity index (χ3n) is 5.08. The molecular formula is C23H13NO. The zero-order valence-electron chi connectivity index (χ0n) is 13.4. The highest BCUT2D eigenvalue weighted by Gasteiger charge is 2.24. The van der Waals surface area contributed by atoms with Gasteiger partial charge in [0.05, 0.1) is 5.52 Å². The second kappa shape index (κ2) is 4.58. The normalized spacial score (nSPS) is 12.3. The summed E-state index contributed by atoms with van der Waals surface area (Å²) in [5.74, 6) is 1.83. The van der Waals surface area contributed by atoms with Gasteiger partial charge >= 0.3 is 0 Å². The van der Waals surface area contributed by atoms with Gasteiger partial charge in [0.15, 0.2) is 0 Å². The van der Waals surface area contributed by atoms with Gasteiger partial charge in [-0.05, 0) is 34.5 Å². The zero-order valence-corrected chi connectivity index (χ0v) is 13.4. The molecule has 0 saturated heterocycles. The van der Waals surface area contributed by atoms with Crippen LogP contribution in [0.3, 0.4) is 0 Å². The van der Waals surface area contributed by atoms with Crippen LogP contribution in [0.15, 0.2) is 79.0 Å². The number of nitrogens with zero attached hydrogens (tertiary/aromatic N) is 1. The van der Waals surface area contributed by atoms with E-state index in [1.807, 2.05) is 24.4 Å². The molecule has 4 aromatic carbocycles. The second-order valence-electron chi connectivity index (χ2n) is 6.41. The van der Waals surface area contributed by atoms with Crippen molar-refractivity contribution in [2.24, 2.45) is 0 Å². The summed E-state index contributed by atoms with van der Waals surface area (Å²) in [4.78, 5) is 4.64. The van der Waals surface area contributed by atoms with Crippen molar-refractivity contribution in [3.63, 3.8) is 0 Å². The monoisotopic (exact) mass is 319 g/mol. The maximum Gasteiger partial charge on any atom is 0.145 e. The molecule has 0 amide bonds. The van der Waals surface area contributed by atoms with Crippen molar-refractivity contribution in [2.75, 3.05) is 0 Å². The SMILES string of the molecule is c1cc2c3c(cccc3c1)-c1c(c3cccnc3c3ccccc13)O2. The number of rotatable bonds is 0. The largest absolute Gasteiger partial charge is 0.455 e. The Morgan fingerprint density at radius 3 is 2.40 bits per heavy atom. The van der Waals surface area contributed by atoms with Crippen LogP contribution in [0, 0.1) is 0 Å². The molecule has 5 aromatic rings. The third-order valence-corrected chi connectivity index (χ3v) is 5.08. The molecule has 0 bridgehead atoms. The van der Waals surface area contributed by atoms with E-state index in [-0.39, 0.29) is 0 Å². The molecule has 0 atom stereocenters. The van der Waals surface area contributed by atoms with E-state index in [0.29, 0.717) is 0 Å². The van der Waals surface area contributed by atoms with Gasteiger partial charge in [-0.2, -0.15) is 0 Å². The smallest absolute Gasteiger partial charge is 0.145 e. The molecule has 1 aromatic heterocycles. The predicted molar refractivity (Wildman–Crippen MR) is 102 cm³/mol. The Morgan fingerprint density at radius 1 is 0.680 bits per heavy atom. The first-order valence-corrected chi connectivity index (χ1v) is 8.41. The van der Waals surface area contributed by atoms with Crippen molar-refractivity contribution in [1.29, 1.82) is 0 Å². The number of pyridine rings is 1. The van der Waals surface area contributed by atoms with Crippen molar-refractivity contribution < 1.29 is 4.74 Å². The average Bonchev–Trinajstić information content (AvgIpc) is 2.68. The Hall–Kier alpha value is -3.39. The summed E-state index contributed by atoms with van der Waals surface area (Å²) in [6.07, 6.45) is 1.85. The van der Waals surface area contributed by atoms with Gasteiger partial charge in [0.1, 0.15) is 11.5 Å². The summed E-state index contributed by atoms with van der Waals surface area (Å²) >= 11 is 0. The molecule has 0 aliphatic carbocycles. The van der Waals surface area contributed by atoms with Crippen LogP contribution in [0.1, 0.15) is 0 Å². The molecule has 116 valence electrons.